The van der Waals surface area contributed by atoms with Crippen molar-refractivity contribution in [2.24, 2.45) is 15.7 Å². The Labute approximate surface area is 118 Å². The Morgan fingerprint density at radius 3 is 2.40 bits per heavy atom. The Morgan fingerprint density at radius 2 is 1.90 bits per heavy atom. The van der Waals surface area contributed by atoms with Crippen molar-refractivity contribution < 1.29 is 4.79 Å². The Bertz CT molecular complexity index is 509. The molecule has 1 rings (SSSR count). The third kappa shape index (κ3) is 4.42. The van der Waals surface area contributed by atoms with E-state index in [-0.39, 0.29) is 23.6 Å². The number of nitrogens with zero attached hydrogens (tertiary/aromatic N) is 4. The van der Waals surface area contributed by atoms with Crippen molar-refractivity contribution in [3.63, 3.8) is 0 Å². The summed E-state index contributed by atoms with van der Waals surface area (Å²) in [6.07, 6.45) is 3.24. The average Bonchev–Trinajstić information content (AvgIpc) is 2.39. The second-order valence-electron chi connectivity index (χ2n) is 4.48. The van der Waals surface area contributed by atoms with E-state index in [9.17, 15) is 4.79 Å². The van der Waals surface area contributed by atoms with Crippen LogP contribution in [0.5, 0.6) is 0 Å². The Kier molecular flexibility index (Phi) is 5.76. The van der Waals surface area contributed by atoms with Gasteiger partial charge in [-0.3, -0.25) is 14.8 Å². The molecule has 0 aliphatic carbocycles. The van der Waals surface area contributed by atoms with Gasteiger partial charge < -0.3 is 11.1 Å². The van der Waals surface area contributed by atoms with Crippen LogP contribution in [0.4, 0.5) is 0 Å². The quantitative estimate of drug-likeness (QED) is 0.603. The topological polar surface area (TPSA) is 106 Å². The van der Waals surface area contributed by atoms with Gasteiger partial charge in [0.25, 0.3) is 5.91 Å². The van der Waals surface area contributed by atoms with E-state index >= 15 is 0 Å². The molecule has 0 saturated heterocycles. The number of aliphatic imine (C=N–C) groups is 2. The van der Waals surface area contributed by atoms with Crippen molar-refractivity contribution in [3.05, 3.63) is 24.3 Å². The van der Waals surface area contributed by atoms with Crippen LogP contribution in [0.15, 0.2) is 28.4 Å². The summed E-state index contributed by atoms with van der Waals surface area (Å²) in [5.74, 6) is 0.256. The van der Waals surface area contributed by atoms with Crippen molar-refractivity contribution in [2.75, 3.05) is 7.05 Å². The van der Waals surface area contributed by atoms with E-state index in [4.69, 9.17) is 5.73 Å². The van der Waals surface area contributed by atoms with Crippen LogP contribution in [0, 0.1) is 0 Å². The fraction of sp³-hybridized carbons (Fsp3) is 0.462. The first kappa shape index (κ1) is 15.7. The van der Waals surface area contributed by atoms with E-state index < -0.39 is 5.91 Å². The molecule has 1 unspecified atom stereocenters. The third-order valence-corrected chi connectivity index (χ3v) is 2.40. The van der Waals surface area contributed by atoms with Gasteiger partial charge in [-0.15, -0.1) is 0 Å². The van der Waals surface area contributed by atoms with Crippen LogP contribution in [0.25, 0.3) is 0 Å². The van der Waals surface area contributed by atoms with Gasteiger partial charge in [-0.1, -0.05) is 0 Å². The number of nitrogens with one attached hydrogen (secondary N) is 1. The summed E-state index contributed by atoms with van der Waals surface area (Å²) in [4.78, 5) is 28.3. The molecule has 3 N–H and O–H groups in total. The zero-order chi connectivity index (χ0) is 15.1. The average molecular weight is 276 g/mol. The smallest absolute Gasteiger partial charge is 0.273 e. The second-order valence-corrected chi connectivity index (χ2v) is 4.48. The number of hydrogen-bond donors (Lipinski definition) is 2. The Balaban J connectivity index is 2.79. The molecule has 0 aromatic carbocycles. The first-order valence-corrected chi connectivity index (χ1v) is 6.34. The second kappa shape index (κ2) is 7.32. The number of carbonyl (C=O) groups is 1. The summed E-state index contributed by atoms with van der Waals surface area (Å²) in [6.45, 7) is 5.53. The first-order chi connectivity index (χ1) is 9.45. The summed E-state index contributed by atoms with van der Waals surface area (Å²) in [6, 6.07) is 1.37. The van der Waals surface area contributed by atoms with Crippen LogP contribution in [0.1, 0.15) is 32.6 Å². The van der Waals surface area contributed by atoms with Crippen molar-refractivity contribution in [2.45, 2.75) is 32.9 Å². The molecule has 0 saturated carbocycles. The van der Waals surface area contributed by atoms with Crippen molar-refractivity contribution in [1.29, 1.82) is 0 Å². The molecule has 0 fully saturated rings. The van der Waals surface area contributed by atoms with Crippen LogP contribution in [0.3, 0.4) is 0 Å². The first-order valence-electron chi connectivity index (χ1n) is 6.34. The van der Waals surface area contributed by atoms with E-state index in [1.54, 1.807) is 25.4 Å². The summed E-state index contributed by atoms with van der Waals surface area (Å²) in [7, 11) is 1.50. The summed E-state index contributed by atoms with van der Waals surface area (Å²) < 4.78 is 0. The number of hydrogen-bond acceptors (Lipinski definition) is 5. The number of rotatable bonds is 5. The van der Waals surface area contributed by atoms with E-state index in [0.717, 1.165) is 0 Å². The lowest BCUT2D eigenvalue weighted by atomic mass is 10.2. The van der Waals surface area contributed by atoms with Gasteiger partial charge in [0, 0.05) is 25.5 Å². The maximum atomic E-state index is 12.1. The maximum absolute atomic E-state index is 12.1. The molecular weight excluding hydrogens is 256 g/mol. The predicted molar refractivity (Wildman–Crippen MR) is 78.7 cm³/mol. The molecule has 1 aromatic rings. The maximum Gasteiger partial charge on any atom is 0.273 e. The lowest BCUT2D eigenvalue weighted by Crippen LogP contribution is -2.41. The summed E-state index contributed by atoms with van der Waals surface area (Å²) >= 11 is 0. The van der Waals surface area contributed by atoms with Gasteiger partial charge in [0.1, 0.15) is 11.7 Å². The van der Waals surface area contributed by atoms with Gasteiger partial charge in [0.15, 0.2) is 5.71 Å². The minimum atomic E-state index is -0.394. The van der Waals surface area contributed by atoms with E-state index in [0.29, 0.717) is 5.82 Å². The number of nitrogens with two attached hydrogens (primary N) is 1. The molecule has 0 bridgehead atoms. The zero-order valence-corrected chi connectivity index (χ0v) is 12.2. The Hall–Kier alpha value is -2.31. The lowest BCUT2D eigenvalue weighted by Gasteiger charge is -2.13. The highest BCUT2D eigenvalue weighted by Crippen LogP contribution is 2.04. The summed E-state index contributed by atoms with van der Waals surface area (Å²) in [5.41, 5.74) is 5.88. The van der Waals surface area contributed by atoms with Gasteiger partial charge in [0.05, 0.1) is 6.04 Å². The third-order valence-electron chi connectivity index (χ3n) is 2.40. The molecule has 0 aliphatic rings. The molecule has 0 radical (unpaired) electrons. The molecule has 1 atom stereocenters. The molecule has 0 spiro atoms. The van der Waals surface area contributed by atoms with Gasteiger partial charge in [-0.05, 0) is 26.8 Å². The minimum absolute atomic E-state index is 0.00516. The monoisotopic (exact) mass is 276 g/mol. The molecule has 1 amide bonds. The van der Waals surface area contributed by atoms with Crippen molar-refractivity contribution >= 4 is 17.5 Å². The zero-order valence-electron chi connectivity index (χ0n) is 12.2. The molecule has 7 heteroatoms. The molecule has 1 heterocycles. The fourth-order valence-electron chi connectivity index (χ4n) is 1.54. The molecule has 0 aliphatic heterocycles. The van der Waals surface area contributed by atoms with Crippen LogP contribution < -0.4 is 11.1 Å². The molecular formula is C13H20N6O. The molecule has 1 aromatic heterocycles. The largest absolute Gasteiger partial charge is 0.382 e. The van der Waals surface area contributed by atoms with Crippen LogP contribution in [-0.4, -0.2) is 40.5 Å². The lowest BCUT2D eigenvalue weighted by molar-refractivity contribution is -0.115. The van der Waals surface area contributed by atoms with Crippen LogP contribution in [-0.2, 0) is 4.79 Å². The standard InChI is InChI=1S/C13H20N6O/c1-8(2)18-11(14)10(15-4)13(20)19-9(3)12-16-6-5-7-17-12/h5-9H,1-4H3,(H2,14,18)(H,19,20). The molecule has 7 nitrogen and oxygen atoms in total. The highest BCUT2D eigenvalue weighted by molar-refractivity contribution is 6.66. The Morgan fingerprint density at radius 1 is 1.30 bits per heavy atom. The number of aromatic nitrogens is 2. The van der Waals surface area contributed by atoms with E-state index in [2.05, 4.69) is 25.3 Å². The normalized spacial score (nSPS) is 14.2. The van der Waals surface area contributed by atoms with E-state index in [1.807, 2.05) is 13.8 Å². The highest BCUT2D eigenvalue weighted by atomic mass is 16.2. The SMILES string of the molecule is CN=C(C(=O)NC(C)c1ncccn1)C(N)=NC(C)C. The number of amides is 1. The highest BCUT2D eigenvalue weighted by Gasteiger charge is 2.19. The molecule has 20 heavy (non-hydrogen) atoms. The van der Waals surface area contributed by atoms with Gasteiger partial charge in [-0.25, -0.2) is 9.97 Å². The minimum Gasteiger partial charge on any atom is -0.382 e. The predicted octanol–water partition coefficient (Wildman–Crippen LogP) is 0.490. The fourth-order valence-corrected chi connectivity index (χ4v) is 1.54. The van der Waals surface area contributed by atoms with E-state index in [1.165, 1.54) is 7.05 Å². The van der Waals surface area contributed by atoms with Gasteiger partial charge in [-0.2, -0.15) is 0 Å². The van der Waals surface area contributed by atoms with Crippen LogP contribution >= 0.6 is 0 Å². The van der Waals surface area contributed by atoms with Crippen molar-refractivity contribution in [1.82, 2.24) is 15.3 Å². The van der Waals surface area contributed by atoms with Gasteiger partial charge in [0.2, 0.25) is 0 Å². The number of carbonyl (C=O) groups excluding carboxylic acids is 1. The van der Waals surface area contributed by atoms with Gasteiger partial charge >= 0.3 is 0 Å². The summed E-state index contributed by atoms with van der Waals surface area (Å²) in [5, 5.41) is 2.75. The number of amidine groups is 1. The van der Waals surface area contributed by atoms with Crippen LogP contribution in [0.2, 0.25) is 0 Å². The van der Waals surface area contributed by atoms with Crippen molar-refractivity contribution in [3.8, 4) is 0 Å². The molecule has 108 valence electrons.